The number of hydrogen-bond acceptors (Lipinski definition) is 1. The minimum absolute atomic E-state index is 0.557. The van der Waals surface area contributed by atoms with Crippen LogP contribution in [0.3, 0.4) is 0 Å². The maximum Gasteiger partial charge on any atom is 0.174 e. The van der Waals surface area contributed by atoms with Gasteiger partial charge in [0.15, 0.2) is 4.33 Å². The summed E-state index contributed by atoms with van der Waals surface area (Å²) >= 11 is 11.2. The molecule has 1 aliphatic rings. The third kappa shape index (κ3) is 0.752. The van der Waals surface area contributed by atoms with Crippen LogP contribution < -0.4 is 0 Å². The van der Waals surface area contributed by atoms with E-state index in [0.29, 0.717) is 6.54 Å². The van der Waals surface area contributed by atoms with Crippen molar-refractivity contribution in [1.29, 1.82) is 0 Å². The first-order valence-corrected chi connectivity index (χ1v) is 2.78. The summed E-state index contributed by atoms with van der Waals surface area (Å²) in [5.74, 6) is 0. The molecule has 0 N–H and O–H groups in total. The largest absolute Gasteiger partial charge is 0.288 e. The summed E-state index contributed by atoms with van der Waals surface area (Å²) in [6.07, 6.45) is 0. The van der Waals surface area contributed by atoms with Crippen LogP contribution in [0.15, 0.2) is 4.99 Å². The average molecular weight is 138 g/mol. The van der Waals surface area contributed by atoms with E-state index in [1.807, 2.05) is 6.92 Å². The lowest BCUT2D eigenvalue weighted by Gasteiger charge is -2.25. The maximum atomic E-state index is 5.59. The molecule has 0 radical (unpaired) electrons. The molecule has 0 atom stereocenters. The van der Waals surface area contributed by atoms with Crippen molar-refractivity contribution in [3.63, 3.8) is 0 Å². The molecule has 0 fully saturated rings. The van der Waals surface area contributed by atoms with Gasteiger partial charge in [-0.1, -0.05) is 23.2 Å². The molecule has 7 heavy (non-hydrogen) atoms. The van der Waals surface area contributed by atoms with Crippen LogP contribution in [0.4, 0.5) is 0 Å². The number of nitrogens with zero attached hydrogens (tertiary/aromatic N) is 1. The highest BCUT2D eigenvalue weighted by Gasteiger charge is 2.34. The Morgan fingerprint density at radius 2 is 2.14 bits per heavy atom. The number of rotatable bonds is 0. The van der Waals surface area contributed by atoms with Gasteiger partial charge >= 0.3 is 0 Å². The summed E-state index contributed by atoms with van der Waals surface area (Å²) in [7, 11) is 0. The van der Waals surface area contributed by atoms with Gasteiger partial charge < -0.3 is 0 Å². The van der Waals surface area contributed by atoms with Crippen LogP contribution in [-0.4, -0.2) is 16.6 Å². The summed E-state index contributed by atoms with van der Waals surface area (Å²) in [5.41, 5.74) is 0.829. The molecular formula is C4H5Cl2N. The van der Waals surface area contributed by atoms with Gasteiger partial charge in [-0.05, 0) is 6.92 Å². The lowest BCUT2D eigenvalue weighted by molar-refractivity contribution is 0.884. The highest BCUT2D eigenvalue weighted by Crippen LogP contribution is 2.29. The van der Waals surface area contributed by atoms with Gasteiger partial charge in [0.2, 0.25) is 0 Å². The number of halogens is 2. The zero-order chi connectivity index (χ0) is 5.49. The fraction of sp³-hybridized carbons (Fsp3) is 0.750. The van der Waals surface area contributed by atoms with Gasteiger partial charge in [-0.2, -0.15) is 0 Å². The predicted octanol–water partition coefficient (Wildman–Crippen LogP) is 1.63. The standard InChI is InChI=1S/C4H5Cl2N/c1-3-4(5,6)2-7-3/h2H2,1H3. The number of alkyl halides is 2. The fourth-order valence-corrected chi connectivity index (χ4v) is 0.596. The second-order valence-electron chi connectivity index (χ2n) is 1.61. The van der Waals surface area contributed by atoms with Crippen LogP contribution in [0, 0.1) is 0 Å². The van der Waals surface area contributed by atoms with E-state index >= 15 is 0 Å². The maximum absolute atomic E-state index is 5.59. The molecule has 0 aromatic carbocycles. The Bertz CT molecular complexity index is 117. The fourth-order valence-electron chi connectivity index (χ4n) is 0.357. The molecule has 0 aromatic rings. The molecule has 0 aliphatic carbocycles. The van der Waals surface area contributed by atoms with E-state index in [1.54, 1.807) is 0 Å². The second-order valence-corrected chi connectivity index (χ2v) is 3.09. The van der Waals surface area contributed by atoms with Crippen LogP contribution in [0.25, 0.3) is 0 Å². The van der Waals surface area contributed by atoms with E-state index in [1.165, 1.54) is 0 Å². The van der Waals surface area contributed by atoms with Crippen molar-refractivity contribution in [3.8, 4) is 0 Å². The van der Waals surface area contributed by atoms with E-state index in [4.69, 9.17) is 23.2 Å². The van der Waals surface area contributed by atoms with Crippen LogP contribution >= 0.6 is 23.2 Å². The predicted molar refractivity (Wildman–Crippen MR) is 32.4 cm³/mol. The van der Waals surface area contributed by atoms with Crippen molar-refractivity contribution in [1.82, 2.24) is 0 Å². The third-order valence-electron chi connectivity index (χ3n) is 1.04. The summed E-state index contributed by atoms with van der Waals surface area (Å²) in [6.45, 7) is 2.38. The first-order chi connectivity index (χ1) is 3.13. The van der Waals surface area contributed by atoms with E-state index in [9.17, 15) is 0 Å². The Labute approximate surface area is 52.3 Å². The van der Waals surface area contributed by atoms with Gasteiger partial charge in [0.1, 0.15) is 0 Å². The van der Waals surface area contributed by atoms with Crippen molar-refractivity contribution < 1.29 is 0 Å². The quantitative estimate of drug-likeness (QED) is 0.451. The molecule has 0 saturated heterocycles. The Balaban J connectivity index is 2.68. The molecule has 0 aromatic heterocycles. The van der Waals surface area contributed by atoms with E-state index < -0.39 is 4.33 Å². The summed E-state index contributed by atoms with van der Waals surface area (Å²) in [5, 5.41) is 0. The van der Waals surface area contributed by atoms with E-state index in [-0.39, 0.29) is 0 Å². The van der Waals surface area contributed by atoms with Gasteiger partial charge in [0, 0.05) is 5.71 Å². The van der Waals surface area contributed by atoms with Gasteiger partial charge in [-0.25, -0.2) is 0 Å². The molecule has 0 unspecified atom stereocenters. The lowest BCUT2D eigenvalue weighted by atomic mass is 10.2. The van der Waals surface area contributed by atoms with Crippen LogP contribution in [0.1, 0.15) is 6.92 Å². The Kier molecular flexibility index (Phi) is 1.05. The monoisotopic (exact) mass is 137 g/mol. The molecule has 1 rings (SSSR count). The zero-order valence-corrected chi connectivity index (χ0v) is 5.42. The van der Waals surface area contributed by atoms with Crippen molar-refractivity contribution in [3.05, 3.63) is 0 Å². The van der Waals surface area contributed by atoms with Gasteiger partial charge in [0.25, 0.3) is 0 Å². The Morgan fingerprint density at radius 3 is 2.14 bits per heavy atom. The molecule has 40 valence electrons. The van der Waals surface area contributed by atoms with Crippen molar-refractivity contribution in [2.24, 2.45) is 4.99 Å². The third-order valence-corrected chi connectivity index (χ3v) is 1.83. The molecule has 0 saturated carbocycles. The minimum atomic E-state index is -0.625. The summed E-state index contributed by atoms with van der Waals surface area (Å²) in [6, 6.07) is 0. The highest BCUT2D eigenvalue weighted by molar-refractivity contribution is 6.60. The molecule has 0 spiro atoms. The van der Waals surface area contributed by atoms with Crippen LogP contribution in [-0.2, 0) is 0 Å². The normalized spacial score (nSPS) is 25.9. The van der Waals surface area contributed by atoms with E-state index in [2.05, 4.69) is 4.99 Å². The lowest BCUT2D eigenvalue weighted by Crippen LogP contribution is -2.36. The summed E-state index contributed by atoms with van der Waals surface area (Å²) < 4.78 is -0.625. The SMILES string of the molecule is CC1=NCC1(Cl)Cl. The zero-order valence-electron chi connectivity index (χ0n) is 3.91. The number of aliphatic imine (C=N–C) groups is 1. The van der Waals surface area contributed by atoms with Crippen LogP contribution in [0.5, 0.6) is 0 Å². The smallest absolute Gasteiger partial charge is 0.174 e. The minimum Gasteiger partial charge on any atom is -0.288 e. The van der Waals surface area contributed by atoms with Crippen molar-refractivity contribution in [2.75, 3.05) is 6.54 Å². The average Bonchev–Trinajstić information content (AvgIpc) is 1.63. The van der Waals surface area contributed by atoms with Crippen LogP contribution in [0.2, 0.25) is 0 Å². The van der Waals surface area contributed by atoms with Crippen molar-refractivity contribution >= 4 is 28.9 Å². The highest BCUT2D eigenvalue weighted by atomic mass is 35.5. The molecule has 1 heterocycles. The molecule has 0 bridgehead atoms. The Morgan fingerprint density at radius 1 is 1.71 bits per heavy atom. The molecule has 1 aliphatic heterocycles. The second kappa shape index (κ2) is 1.36. The van der Waals surface area contributed by atoms with E-state index in [0.717, 1.165) is 5.71 Å². The molecule has 0 amide bonds. The molecule has 1 nitrogen and oxygen atoms in total. The van der Waals surface area contributed by atoms with Gasteiger partial charge in [0.05, 0.1) is 6.54 Å². The van der Waals surface area contributed by atoms with Crippen molar-refractivity contribution in [2.45, 2.75) is 11.3 Å². The van der Waals surface area contributed by atoms with Gasteiger partial charge in [-0.15, -0.1) is 0 Å². The molecular weight excluding hydrogens is 133 g/mol. The summed E-state index contributed by atoms with van der Waals surface area (Å²) in [4.78, 5) is 3.88. The van der Waals surface area contributed by atoms with Gasteiger partial charge in [-0.3, -0.25) is 4.99 Å². The Hall–Kier alpha value is 0.250. The topological polar surface area (TPSA) is 12.4 Å². The first kappa shape index (κ1) is 5.39. The molecule has 3 heteroatoms. The first-order valence-electron chi connectivity index (χ1n) is 2.02. The number of hydrogen-bond donors (Lipinski definition) is 0.